The van der Waals surface area contributed by atoms with E-state index in [4.69, 9.17) is 4.74 Å². The SMILES string of the molecule is CCCNCc1cc(S(=O)(=O)N(C)CCOC)cn1C. The van der Waals surface area contributed by atoms with Crippen molar-refractivity contribution in [3.63, 3.8) is 0 Å². The molecule has 1 rings (SSSR count). The molecule has 0 spiro atoms. The number of rotatable bonds is 9. The Hall–Kier alpha value is -0.890. The molecular weight excluding hydrogens is 278 g/mol. The second-order valence-corrected chi connectivity index (χ2v) is 6.82. The van der Waals surface area contributed by atoms with E-state index in [-0.39, 0.29) is 0 Å². The van der Waals surface area contributed by atoms with Gasteiger partial charge in [-0.15, -0.1) is 0 Å². The standard InChI is InChI=1S/C13H25N3O3S/c1-5-6-14-10-12-9-13(11-15(12)2)20(17,18)16(3)7-8-19-4/h9,11,14H,5-8,10H2,1-4H3. The summed E-state index contributed by atoms with van der Waals surface area (Å²) in [5, 5.41) is 3.27. The molecule has 0 aliphatic carbocycles. The van der Waals surface area contributed by atoms with Crippen LogP contribution in [-0.4, -0.2) is 51.1 Å². The number of methoxy groups -OCH3 is 1. The molecule has 7 heteroatoms. The van der Waals surface area contributed by atoms with Gasteiger partial charge in [-0.3, -0.25) is 0 Å². The molecule has 0 saturated carbocycles. The molecule has 6 nitrogen and oxygen atoms in total. The van der Waals surface area contributed by atoms with Gasteiger partial charge in [0.1, 0.15) is 4.90 Å². The van der Waals surface area contributed by atoms with Crippen molar-refractivity contribution in [1.29, 1.82) is 0 Å². The first kappa shape index (κ1) is 17.2. The Morgan fingerprint density at radius 2 is 2.15 bits per heavy atom. The highest BCUT2D eigenvalue weighted by atomic mass is 32.2. The first-order valence-electron chi connectivity index (χ1n) is 6.74. The average molecular weight is 303 g/mol. The van der Waals surface area contributed by atoms with Crippen molar-refractivity contribution in [2.24, 2.45) is 7.05 Å². The summed E-state index contributed by atoms with van der Waals surface area (Å²) in [6.45, 7) is 4.41. The molecular formula is C13H25N3O3S. The lowest BCUT2D eigenvalue weighted by atomic mass is 10.4. The van der Waals surface area contributed by atoms with Crippen molar-refractivity contribution < 1.29 is 13.2 Å². The van der Waals surface area contributed by atoms with Crippen molar-refractivity contribution in [3.05, 3.63) is 18.0 Å². The van der Waals surface area contributed by atoms with Crippen molar-refractivity contribution in [2.75, 3.05) is 33.9 Å². The zero-order valence-corrected chi connectivity index (χ0v) is 13.5. The number of aromatic nitrogens is 1. The minimum absolute atomic E-state index is 0.326. The Kier molecular flexibility index (Phi) is 6.67. The number of nitrogens with zero attached hydrogens (tertiary/aromatic N) is 2. The zero-order valence-electron chi connectivity index (χ0n) is 12.7. The summed E-state index contributed by atoms with van der Waals surface area (Å²) in [6, 6.07) is 1.72. The Morgan fingerprint density at radius 1 is 1.45 bits per heavy atom. The minimum Gasteiger partial charge on any atom is -0.383 e. The number of hydrogen-bond acceptors (Lipinski definition) is 4. The van der Waals surface area contributed by atoms with Gasteiger partial charge in [0.05, 0.1) is 6.61 Å². The lowest BCUT2D eigenvalue weighted by Crippen LogP contribution is -2.29. The fourth-order valence-corrected chi connectivity index (χ4v) is 3.06. The molecule has 1 N–H and O–H groups in total. The molecule has 20 heavy (non-hydrogen) atoms. The molecule has 0 fully saturated rings. The van der Waals surface area contributed by atoms with Gasteiger partial charge in [0.15, 0.2) is 0 Å². The van der Waals surface area contributed by atoms with E-state index >= 15 is 0 Å². The molecule has 0 unspecified atom stereocenters. The van der Waals surface area contributed by atoms with Crippen LogP contribution < -0.4 is 5.32 Å². The lowest BCUT2D eigenvalue weighted by Gasteiger charge is -2.15. The van der Waals surface area contributed by atoms with E-state index in [1.165, 1.54) is 4.31 Å². The highest BCUT2D eigenvalue weighted by Crippen LogP contribution is 2.17. The van der Waals surface area contributed by atoms with Gasteiger partial charge in [-0.2, -0.15) is 4.31 Å². The van der Waals surface area contributed by atoms with Crippen LogP contribution in [-0.2, 0) is 28.4 Å². The molecule has 116 valence electrons. The van der Waals surface area contributed by atoms with Gasteiger partial charge in [-0.25, -0.2) is 8.42 Å². The largest absolute Gasteiger partial charge is 0.383 e. The van der Waals surface area contributed by atoms with E-state index in [1.807, 2.05) is 11.6 Å². The van der Waals surface area contributed by atoms with Crippen molar-refractivity contribution in [3.8, 4) is 0 Å². The van der Waals surface area contributed by atoms with Crippen LogP contribution in [0.1, 0.15) is 19.0 Å². The maximum atomic E-state index is 12.4. The topological polar surface area (TPSA) is 63.6 Å². The Bertz CT molecular complexity index is 511. The fourth-order valence-electron chi connectivity index (χ4n) is 1.81. The first-order valence-corrected chi connectivity index (χ1v) is 8.18. The number of sulfonamides is 1. The van der Waals surface area contributed by atoms with Gasteiger partial charge in [0.2, 0.25) is 10.0 Å². The third-order valence-corrected chi connectivity index (χ3v) is 4.96. The van der Waals surface area contributed by atoms with Crippen LogP contribution >= 0.6 is 0 Å². The molecule has 0 aliphatic rings. The van der Waals surface area contributed by atoms with Gasteiger partial charge < -0.3 is 14.6 Å². The third kappa shape index (κ3) is 4.31. The summed E-state index contributed by atoms with van der Waals surface area (Å²) in [5.74, 6) is 0. The smallest absolute Gasteiger partial charge is 0.244 e. The van der Waals surface area contributed by atoms with Crippen LogP contribution in [0.4, 0.5) is 0 Å². The highest BCUT2D eigenvalue weighted by Gasteiger charge is 2.22. The number of aryl methyl sites for hydroxylation is 1. The first-order chi connectivity index (χ1) is 9.43. The van der Waals surface area contributed by atoms with E-state index in [1.54, 1.807) is 26.4 Å². The molecule has 0 saturated heterocycles. The Balaban J connectivity index is 2.82. The number of hydrogen-bond donors (Lipinski definition) is 1. The summed E-state index contributed by atoms with van der Waals surface area (Å²) < 4.78 is 32.8. The predicted molar refractivity (Wildman–Crippen MR) is 79.1 cm³/mol. The zero-order chi connectivity index (χ0) is 15.2. The van der Waals surface area contributed by atoms with Gasteiger partial charge in [0, 0.05) is 46.2 Å². The molecule has 0 bridgehead atoms. The van der Waals surface area contributed by atoms with Crippen LogP contribution in [0.2, 0.25) is 0 Å². The summed E-state index contributed by atoms with van der Waals surface area (Å²) in [7, 11) is 1.54. The second kappa shape index (κ2) is 7.78. The van der Waals surface area contributed by atoms with E-state index in [0.717, 1.165) is 18.7 Å². The van der Waals surface area contributed by atoms with Crippen LogP contribution in [0.15, 0.2) is 17.2 Å². The molecule has 0 atom stereocenters. The van der Waals surface area contributed by atoms with Crippen molar-refractivity contribution in [2.45, 2.75) is 24.8 Å². The van der Waals surface area contributed by atoms with E-state index in [0.29, 0.717) is 24.6 Å². The van der Waals surface area contributed by atoms with Gasteiger partial charge in [0.25, 0.3) is 0 Å². The van der Waals surface area contributed by atoms with E-state index in [9.17, 15) is 8.42 Å². The molecule has 0 aliphatic heterocycles. The fraction of sp³-hybridized carbons (Fsp3) is 0.692. The van der Waals surface area contributed by atoms with E-state index in [2.05, 4.69) is 12.2 Å². The van der Waals surface area contributed by atoms with Crippen LogP contribution in [0.25, 0.3) is 0 Å². The maximum absolute atomic E-state index is 12.4. The molecule has 0 aromatic carbocycles. The molecule has 0 amide bonds. The lowest BCUT2D eigenvalue weighted by molar-refractivity contribution is 0.185. The third-order valence-electron chi connectivity index (χ3n) is 3.13. The molecule has 1 aromatic heterocycles. The number of likely N-dealkylation sites (N-methyl/N-ethyl adjacent to an activating group) is 1. The summed E-state index contributed by atoms with van der Waals surface area (Å²) >= 11 is 0. The van der Waals surface area contributed by atoms with E-state index < -0.39 is 10.0 Å². The van der Waals surface area contributed by atoms with Gasteiger partial charge in [-0.1, -0.05) is 6.92 Å². The highest BCUT2D eigenvalue weighted by molar-refractivity contribution is 7.89. The minimum atomic E-state index is -3.44. The average Bonchev–Trinajstić information content (AvgIpc) is 2.78. The quantitative estimate of drug-likeness (QED) is 0.685. The number of nitrogens with one attached hydrogen (secondary N) is 1. The normalized spacial score (nSPS) is 12.2. The molecule has 0 radical (unpaired) electrons. The van der Waals surface area contributed by atoms with Gasteiger partial charge in [-0.05, 0) is 19.0 Å². The number of ether oxygens (including phenoxy) is 1. The van der Waals surface area contributed by atoms with Crippen LogP contribution in [0.3, 0.4) is 0 Å². The maximum Gasteiger partial charge on any atom is 0.244 e. The second-order valence-electron chi connectivity index (χ2n) is 4.77. The summed E-state index contributed by atoms with van der Waals surface area (Å²) in [4.78, 5) is 0.326. The van der Waals surface area contributed by atoms with Crippen LogP contribution in [0, 0.1) is 0 Å². The predicted octanol–water partition coefficient (Wildman–Crippen LogP) is 0.792. The summed E-state index contributed by atoms with van der Waals surface area (Å²) in [5.41, 5.74) is 0.956. The van der Waals surface area contributed by atoms with Gasteiger partial charge >= 0.3 is 0 Å². The van der Waals surface area contributed by atoms with Crippen molar-refractivity contribution in [1.82, 2.24) is 14.2 Å². The Labute approximate surface area is 121 Å². The van der Waals surface area contributed by atoms with Crippen LogP contribution in [0.5, 0.6) is 0 Å². The molecule has 1 aromatic rings. The monoisotopic (exact) mass is 303 g/mol. The molecule has 1 heterocycles. The van der Waals surface area contributed by atoms with Crippen molar-refractivity contribution >= 4 is 10.0 Å². The Morgan fingerprint density at radius 3 is 2.75 bits per heavy atom. The summed E-state index contributed by atoms with van der Waals surface area (Å²) in [6.07, 6.45) is 2.71.